The molecule has 534 valence electrons. The van der Waals surface area contributed by atoms with Crippen LogP contribution >= 0.6 is 0 Å². The van der Waals surface area contributed by atoms with Gasteiger partial charge in [0.15, 0.2) is 0 Å². The van der Waals surface area contributed by atoms with Crippen LogP contribution in [0.1, 0.15) is 0 Å². The molecule has 0 aliphatic heterocycles. The van der Waals surface area contributed by atoms with E-state index in [1.54, 1.807) is 18.6 Å². The second-order valence-corrected chi connectivity index (χ2v) is 26.9. The Kier molecular flexibility index (Phi) is 20.9. The Morgan fingerprint density at radius 2 is 0.504 bits per heavy atom. The van der Waals surface area contributed by atoms with E-state index in [0.29, 0.717) is 0 Å². The molecule has 0 aliphatic rings. The Hall–Kier alpha value is -14.5. The van der Waals surface area contributed by atoms with E-state index in [0.717, 1.165) is 105 Å². The maximum absolute atomic E-state index is 5.04. The van der Waals surface area contributed by atoms with Gasteiger partial charge in [-0.25, -0.2) is 9.97 Å². The number of hydrogen-bond acceptors (Lipinski definition) is 7. The molecule has 113 heavy (non-hydrogen) atoms. The molecular formula is C103H68IrN9. The molecule has 9 aromatic heterocycles. The normalized spacial score (nSPS) is 10.9. The van der Waals surface area contributed by atoms with Gasteiger partial charge in [-0.3, -0.25) is 9.97 Å². The predicted molar refractivity (Wildman–Crippen MR) is 462 cm³/mol. The summed E-state index contributed by atoms with van der Waals surface area (Å²) in [7, 11) is 0. The summed E-state index contributed by atoms with van der Waals surface area (Å²) in [5.74, 6) is 0. The average molecular weight is 1620 g/mol. The first-order chi connectivity index (χ1) is 55.6. The third-order valence-corrected chi connectivity index (χ3v) is 20.0. The van der Waals surface area contributed by atoms with E-state index in [-0.39, 0.29) is 20.1 Å². The Balaban J connectivity index is 0.000000114. The monoisotopic (exact) mass is 1620 g/mol. The summed E-state index contributed by atoms with van der Waals surface area (Å²) >= 11 is 0. The van der Waals surface area contributed by atoms with E-state index in [1.807, 2.05) is 152 Å². The van der Waals surface area contributed by atoms with E-state index in [9.17, 15) is 0 Å². The third-order valence-electron chi connectivity index (χ3n) is 20.0. The summed E-state index contributed by atoms with van der Waals surface area (Å²) in [5, 5.41) is 11.8. The summed E-state index contributed by atoms with van der Waals surface area (Å²) in [5.41, 5.74) is 23.5. The Morgan fingerprint density at radius 1 is 0.204 bits per heavy atom. The molecular weight excluding hydrogens is 1560 g/mol. The van der Waals surface area contributed by atoms with Crippen LogP contribution in [0, 0.1) is 18.2 Å². The zero-order chi connectivity index (χ0) is 74.8. The second kappa shape index (κ2) is 33.1. The molecule has 0 bridgehead atoms. The molecule has 0 amide bonds. The fraction of sp³-hybridized carbons (Fsp3) is 0. The van der Waals surface area contributed by atoms with Gasteiger partial charge in [0, 0.05) is 96.6 Å². The molecule has 13 aromatic carbocycles. The Morgan fingerprint density at radius 3 is 0.841 bits per heavy atom. The fourth-order valence-corrected chi connectivity index (χ4v) is 14.6. The number of nitrogens with zero attached hydrogens (tertiary/aromatic N) is 9. The molecule has 0 unspecified atom stereocenters. The molecule has 0 aliphatic carbocycles. The zero-order valence-electron chi connectivity index (χ0n) is 61.1. The predicted octanol–water partition coefficient (Wildman–Crippen LogP) is 25.6. The molecule has 0 spiro atoms. The van der Waals surface area contributed by atoms with Crippen molar-refractivity contribution < 1.29 is 20.1 Å². The Bertz CT molecular complexity index is 6320. The average Bonchev–Trinajstić information content (AvgIpc) is 1.06. The summed E-state index contributed by atoms with van der Waals surface area (Å²) in [6.45, 7) is 0. The van der Waals surface area contributed by atoms with E-state index in [4.69, 9.17) is 9.97 Å². The minimum Gasteiger partial charge on any atom is -0.309 e. The van der Waals surface area contributed by atoms with E-state index < -0.39 is 0 Å². The number of benzene rings is 13. The van der Waals surface area contributed by atoms with Crippen molar-refractivity contribution >= 4 is 98.0 Å². The van der Waals surface area contributed by atoms with Crippen molar-refractivity contribution in [2.24, 2.45) is 0 Å². The van der Waals surface area contributed by atoms with Gasteiger partial charge in [0.2, 0.25) is 0 Å². The molecule has 0 N–H and O–H groups in total. The SMILES string of the molecule is [Ir+3].[c-]1ccccc1-c1ccccn1.[c-]1ccccc1-c1ccccn1.[c-]1ccccc1-c1ccccn1.c1ccc2c(c1)c1ccccc1n2-c1ccc(-c2ccc(-n3c4ccccc4c4ccccc43)cc2)cc1.c1cnc2c(c1)ccc1ccc(-c3ccc4ccc(-c5ccc6ccc7cccnc7c6n5)cc4c3)nc12. The second-order valence-electron chi connectivity index (χ2n) is 26.9. The third kappa shape index (κ3) is 15.2. The molecule has 0 saturated heterocycles. The maximum atomic E-state index is 5.04. The topological polar surface area (TPSA) is 100 Å². The molecule has 22 aromatic rings. The number of aromatic nitrogens is 9. The first-order valence-corrected chi connectivity index (χ1v) is 37.2. The standard InChI is InChI=1S/C36H24N2.C34H20N4.3C11H8N.Ir/c1-5-13-33-29(9-1)30-10-2-6-14-34(30)37(33)27-21-17-25(18-22-27)26-19-23-28(24-20-26)38-35-15-7-3-11-31(35)32-12-4-8-16-36(32)38;1-3-22-7-9-24-13-15-29(37-33(24)31(22)35-17-1)26-11-5-21-6-12-27(20-28(21)19-26)30-16-14-25-10-8-23-4-2-18-36-32(23)34(25)38-30;3*1-2-6-10(7-3-1)11-8-4-5-9-12-11;/h1-24H;1-20H;3*1-6,8-9H;/q;;3*-1;+3. The van der Waals surface area contributed by atoms with E-state index in [1.165, 1.54) is 71.5 Å². The number of fused-ring (bicyclic) bond motifs is 13. The molecule has 22 rings (SSSR count). The van der Waals surface area contributed by atoms with Crippen molar-refractivity contribution in [2.45, 2.75) is 0 Å². The maximum Gasteiger partial charge on any atom is 3.00 e. The minimum atomic E-state index is 0. The van der Waals surface area contributed by atoms with Crippen molar-refractivity contribution in [1.82, 2.24) is 44.0 Å². The summed E-state index contributed by atoms with van der Waals surface area (Å²) in [6.07, 6.45) is 9.02. The van der Waals surface area contributed by atoms with Crippen LogP contribution in [0.4, 0.5) is 0 Å². The van der Waals surface area contributed by atoms with Gasteiger partial charge >= 0.3 is 20.1 Å². The fourth-order valence-electron chi connectivity index (χ4n) is 14.6. The molecule has 9 heterocycles. The van der Waals surface area contributed by atoms with Crippen LogP contribution in [0.25, 0.3) is 177 Å². The van der Waals surface area contributed by atoms with Gasteiger partial charge < -0.3 is 24.1 Å². The first-order valence-electron chi connectivity index (χ1n) is 37.2. The van der Waals surface area contributed by atoms with Crippen molar-refractivity contribution in [3.05, 3.63) is 431 Å². The molecule has 0 radical (unpaired) electrons. The van der Waals surface area contributed by atoms with Crippen LogP contribution in [0.5, 0.6) is 0 Å². The molecule has 0 atom stereocenters. The van der Waals surface area contributed by atoms with Crippen molar-refractivity contribution in [3.8, 4) is 78.8 Å². The smallest absolute Gasteiger partial charge is 0.309 e. The van der Waals surface area contributed by atoms with E-state index >= 15 is 0 Å². The minimum absolute atomic E-state index is 0. The van der Waals surface area contributed by atoms with Crippen LogP contribution in [0.3, 0.4) is 0 Å². The quantitative estimate of drug-likeness (QED) is 0.110. The van der Waals surface area contributed by atoms with Gasteiger partial charge in [-0.05, 0) is 142 Å². The van der Waals surface area contributed by atoms with Gasteiger partial charge in [0.25, 0.3) is 0 Å². The van der Waals surface area contributed by atoms with Crippen molar-refractivity contribution in [2.75, 3.05) is 0 Å². The summed E-state index contributed by atoms with van der Waals surface area (Å²) < 4.78 is 4.72. The molecule has 0 saturated carbocycles. The zero-order valence-corrected chi connectivity index (χ0v) is 63.5. The first kappa shape index (κ1) is 71.4. The van der Waals surface area contributed by atoms with Gasteiger partial charge in [0.05, 0.1) is 55.5 Å². The van der Waals surface area contributed by atoms with Crippen molar-refractivity contribution in [1.29, 1.82) is 0 Å². The van der Waals surface area contributed by atoms with Crippen LogP contribution in [-0.2, 0) is 20.1 Å². The van der Waals surface area contributed by atoms with Crippen molar-refractivity contribution in [3.63, 3.8) is 0 Å². The van der Waals surface area contributed by atoms with Crippen LogP contribution < -0.4 is 0 Å². The summed E-state index contributed by atoms with van der Waals surface area (Å²) in [4.78, 5) is 31.9. The number of rotatable bonds is 8. The van der Waals surface area contributed by atoms with Crippen LogP contribution in [0.15, 0.2) is 413 Å². The largest absolute Gasteiger partial charge is 3.00 e. The summed E-state index contributed by atoms with van der Waals surface area (Å²) in [6, 6.07) is 141. The number of para-hydroxylation sites is 4. The van der Waals surface area contributed by atoms with Gasteiger partial charge in [-0.2, -0.15) is 0 Å². The van der Waals surface area contributed by atoms with Gasteiger partial charge in [-0.1, -0.05) is 206 Å². The molecule has 9 nitrogen and oxygen atoms in total. The molecule has 10 heteroatoms. The Labute approximate surface area is 667 Å². The van der Waals surface area contributed by atoms with E-state index in [2.05, 4.69) is 295 Å². The number of pyridine rings is 7. The van der Waals surface area contributed by atoms with Crippen LogP contribution in [0.2, 0.25) is 0 Å². The van der Waals surface area contributed by atoms with Gasteiger partial charge in [0.1, 0.15) is 0 Å². The number of hydrogen-bond donors (Lipinski definition) is 0. The van der Waals surface area contributed by atoms with Gasteiger partial charge in [-0.15, -0.1) is 108 Å². The van der Waals surface area contributed by atoms with Crippen LogP contribution in [-0.4, -0.2) is 44.0 Å². The molecule has 0 fully saturated rings.